The van der Waals surface area contributed by atoms with Gasteiger partial charge in [0.1, 0.15) is 11.4 Å². The van der Waals surface area contributed by atoms with Crippen molar-refractivity contribution in [3.8, 4) is 0 Å². The first-order chi connectivity index (χ1) is 12.5. The number of rotatable bonds is 6. The van der Waals surface area contributed by atoms with E-state index in [1.807, 2.05) is 42.2 Å². The number of esters is 1. The molecule has 1 N–H and O–H groups in total. The molecule has 0 saturated carbocycles. The third kappa shape index (κ3) is 3.49. The van der Waals surface area contributed by atoms with Gasteiger partial charge in [0.15, 0.2) is 0 Å². The highest BCUT2D eigenvalue weighted by atomic mass is 16.5. The summed E-state index contributed by atoms with van der Waals surface area (Å²) < 4.78 is 5.08. The van der Waals surface area contributed by atoms with Crippen LogP contribution in [0.5, 0.6) is 0 Å². The van der Waals surface area contributed by atoms with Crippen molar-refractivity contribution < 1.29 is 9.53 Å². The van der Waals surface area contributed by atoms with Crippen molar-refractivity contribution >= 4 is 17.3 Å². The molecular formula is C20H24N2O4. The molecule has 1 fully saturated rings. The van der Waals surface area contributed by atoms with Crippen molar-refractivity contribution in [2.75, 3.05) is 29.9 Å². The molecule has 26 heavy (non-hydrogen) atoms. The van der Waals surface area contributed by atoms with Gasteiger partial charge in [-0.15, -0.1) is 0 Å². The van der Waals surface area contributed by atoms with E-state index in [4.69, 9.17) is 4.74 Å². The molecular weight excluding hydrogens is 332 g/mol. The van der Waals surface area contributed by atoms with Crippen LogP contribution in [-0.4, -0.2) is 25.7 Å². The standard InChI is InChI=1S/C20H24N2O4/c1-3-26-20(25)15-9-11-22(12-10-15)17-16(18(23)19(17)24)21-13(2)14-7-5-4-6-8-14/h4-8,13,15,21H,3,9-12H2,1-2H3/t13-/m1/s1. The maximum absolute atomic E-state index is 12.1. The van der Waals surface area contributed by atoms with Crippen LogP contribution in [0, 0.1) is 5.92 Å². The van der Waals surface area contributed by atoms with Gasteiger partial charge in [-0.2, -0.15) is 0 Å². The molecule has 1 saturated heterocycles. The third-order valence-corrected chi connectivity index (χ3v) is 4.98. The van der Waals surface area contributed by atoms with Crippen molar-refractivity contribution in [2.24, 2.45) is 5.92 Å². The molecule has 2 aromatic carbocycles. The van der Waals surface area contributed by atoms with E-state index in [0.29, 0.717) is 43.9 Å². The molecule has 6 nitrogen and oxygen atoms in total. The van der Waals surface area contributed by atoms with Gasteiger partial charge in [0, 0.05) is 19.1 Å². The second-order valence-electron chi connectivity index (χ2n) is 6.67. The Labute approximate surface area is 152 Å². The largest absolute Gasteiger partial charge is 0.466 e. The average Bonchev–Trinajstić information content (AvgIpc) is 2.68. The van der Waals surface area contributed by atoms with Gasteiger partial charge in [0.2, 0.25) is 0 Å². The minimum Gasteiger partial charge on any atom is -0.466 e. The van der Waals surface area contributed by atoms with Crippen LogP contribution in [-0.2, 0) is 9.53 Å². The number of piperidine rings is 1. The van der Waals surface area contributed by atoms with Crippen molar-refractivity contribution in [1.82, 2.24) is 0 Å². The zero-order chi connectivity index (χ0) is 18.7. The molecule has 1 aliphatic heterocycles. The first-order valence-electron chi connectivity index (χ1n) is 9.09. The van der Waals surface area contributed by atoms with E-state index < -0.39 is 10.9 Å². The van der Waals surface area contributed by atoms with E-state index >= 15 is 0 Å². The molecule has 6 heteroatoms. The number of hydrogen-bond acceptors (Lipinski definition) is 6. The van der Waals surface area contributed by atoms with E-state index in [0.717, 1.165) is 5.56 Å². The molecule has 0 aliphatic carbocycles. The molecule has 1 atom stereocenters. The van der Waals surface area contributed by atoms with Gasteiger partial charge in [-0.1, -0.05) is 30.3 Å². The van der Waals surface area contributed by atoms with Gasteiger partial charge in [-0.05, 0) is 32.3 Å². The first kappa shape index (κ1) is 18.2. The third-order valence-electron chi connectivity index (χ3n) is 4.98. The average molecular weight is 356 g/mol. The molecule has 0 amide bonds. The molecule has 1 heterocycles. The van der Waals surface area contributed by atoms with Gasteiger partial charge in [0.05, 0.1) is 12.5 Å². The maximum Gasteiger partial charge on any atom is 0.309 e. The first-order valence-corrected chi connectivity index (χ1v) is 9.09. The Morgan fingerprint density at radius 2 is 1.85 bits per heavy atom. The van der Waals surface area contributed by atoms with Gasteiger partial charge in [0.25, 0.3) is 10.9 Å². The summed E-state index contributed by atoms with van der Waals surface area (Å²) in [4.78, 5) is 38.0. The maximum atomic E-state index is 12.1. The number of carbonyl (C=O) groups excluding carboxylic acids is 1. The number of carbonyl (C=O) groups is 1. The van der Waals surface area contributed by atoms with Gasteiger partial charge in [-0.25, -0.2) is 0 Å². The Morgan fingerprint density at radius 1 is 1.19 bits per heavy atom. The van der Waals surface area contributed by atoms with E-state index in [-0.39, 0.29) is 17.9 Å². The highest BCUT2D eigenvalue weighted by molar-refractivity contribution is 5.77. The SMILES string of the molecule is CCOC(=O)C1CCN(c2c(N[C@H](C)c3ccccc3)c(=O)c2=O)CC1. The normalized spacial score (nSPS) is 16.5. The predicted octanol–water partition coefficient (Wildman–Crippen LogP) is 2.24. The Kier molecular flexibility index (Phi) is 5.40. The fraction of sp³-hybridized carbons (Fsp3) is 0.450. The Morgan fingerprint density at radius 3 is 2.46 bits per heavy atom. The highest BCUT2D eigenvalue weighted by Crippen LogP contribution is 2.29. The van der Waals surface area contributed by atoms with Crippen LogP contribution >= 0.6 is 0 Å². The van der Waals surface area contributed by atoms with Crippen molar-refractivity contribution in [3.05, 3.63) is 56.3 Å². The number of ether oxygens (including phenoxy) is 1. The zero-order valence-electron chi connectivity index (χ0n) is 15.2. The molecule has 2 aromatic rings. The number of hydrogen-bond donors (Lipinski definition) is 1. The molecule has 0 bridgehead atoms. The second-order valence-corrected chi connectivity index (χ2v) is 6.67. The quantitative estimate of drug-likeness (QED) is 0.632. The lowest BCUT2D eigenvalue weighted by Crippen LogP contribution is -2.46. The van der Waals surface area contributed by atoms with Crippen LogP contribution in [0.3, 0.4) is 0 Å². The Balaban J connectivity index is 1.69. The van der Waals surface area contributed by atoms with Gasteiger partial charge < -0.3 is 15.0 Å². The summed E-state index contributed by atoms with van der Waals surface area (Å²) in [6.45, 7) is 5.28. The van der Waals surface area contributed by atoms with E-state index in [1.54, 1.807) is 6.92 Å². The van der Waals surface area contributed by atoms with Crippen LogP contribution in [0.2, 0.25) is 0 Å². The zero-order valence-corrected chi connectivity index (χ0v) is 15.2. The topological polar surface area (TPSA) is 75.7 Å². The molecule has 1 aliphatic rings. The van der Waals surface area contributed by atoms with E-state index in [2.05, 4.69) is 5.32 Å². The number of nitrogens with zero attached hydrogens (tertiary/aromatic N) is 1. The molecule has 0 aromatic heterocycles. The second kappa shape index (κ2) is 7.72. The molecule has 0 radical (unpaired) electrons. The minimum absolute atomic E-state index is 0.0738. The molecule has 0 unspecified atom stereocenters. The lowest BCUT2D eigenvalue weighted by molar-refractivity contribution is -0.148. The number of benzene rings is 1. The summed E-state index contributed by atoms with van der Waals surface area (Å²) in [5.74, 6) is -0.300. The van der Waals surface area contributed by atoms with Crippen molar-refractivity contribution in [3.63, 3.8) is 0 Å². The summed E-state index contributed by atoms with van der Waals surface area (Å²) >= 11 is 0. The van der Waals surface area contributed by atoms with Crippen LogP contribution < -0.4 is 21.1 Å². The van der Waals surface area contributed by atoms with Crippen LogP contribution in [0.1, 0.15) is 38.3 Å². The predicted molar refractivity (Wildman–Crippen MR) is 101 cm³/mol. The Bertz CT molecular complexity index is 831. The molecule has 3 rings (SSSR count). The summed E-state index contributed by atoms with van der Waals surface area (Å²) in [5, 5.41) is 3.19. The van der Waals surface area contributed by atoms with Gasteiger partial charge in [-0.3, -0.25) is 14.4 Å². The van der Waals surface area contributed by atoms with Crippen molar-refractivity contribution in [2.45, 2.75) is 32.7 Å². The van der Waals surface area contributed by atoms with E-state index in [1.165, 1.54) is 0 Å². The lowest BCUT2D eigenvalue weighted by Gasteiger charge is -2.34. The number of nitrogens with one attached hydrogen (secondary N) is 1. The smallest absolute Gasteiger partial charge is 0.309 e. The van der Waals surface area contributed by atoms with Gasteiger partial charge >= 0.3 is 5.97 Å². The summed E-state index contributed by atoms with van der Waals surface area (Å²) in [6, 6.07) is 9.71. The monoisotopic (exact) mass is 356 g/mol. The molecule has 0 spiro atoms. The fourth-order valence-corrected chi connectivity index (χ4v) is 3.46. The molecule has 138 valence electrons. The summed E-state index contributed by atoms with van der Waals surface area (Å²) in [5.41, 5.74) is 0.992. The summed E-state index contributed by atoms with van der Waals surface area (Å²) in [6.07, 6.45) is 1.26. The summed E-state index contributed by atoms with van der Waals surface area (Å²) in [7, 11) is 0. The van der Waals surface area contributed by atoms with Crippen LogP contribution in [0.4, 0.5) is 11.4 Å². The lowest BCUT2D eigenvalue weighted by atomic mass is 9.95. The van der Waals surface area contributed by atoms with Crippen molar-refractivity contribution in [1.29, 1.82) is 0 Å². The van der Waals surface area contributed by atoms with Crippen LogP contribution in [0.15, 0.2) is 39.9 Å². The Hall–Kier alpha value is -2.63. The van der Waals surface area contributed by atoms with E-state index in [9.17, 15) is 14.4 Å². The highest BCUT2D eigenvalue weighted by Gasteiger charge is 2.32. The minimum atomic E-state index is -0.463. The fourth-order valence-electron chi connectivity index (χ4n) is 3.46. The van der Waals surface area contributed by atoms with Crippen LogP contribution in [0.25, 0.3) is 0 Å². The number of anilines is 2.